The van der Waals surface area contributed by atoms with Crippen LogP contribution in [0, 0.1) is 0 Å². The third-order valence-corrected chi connectivity index (χ3v) is 6.02. The van der Waals surface area contributed by atoms with Crippen molar-refractivity contribution >= 4 is 30.1 Å². The Labute approximate surface area is 262 Å². The Kier molecular flexibility index (Phi) is 15.3. The molecule has 0 aliphatic rings. The van der Waals surface area contributed by atoms with E-state index in [4.69, 9.17) is 19.9 Å². The van der Waals surface area contributed by atoms with Gasteiger partial charge < -0.3 is 41.0 Å². The van der Waals surface area contributed by atoms with Gasteiger partial charge in [-0.25, -0.2) is 19.3 Å². The lowest BCUT2D eigenvalue weighted by Gasteiger charge is -2.31. The van der Waals surface area contributed by atoms with Gasteiger partial charge in [-0.2, -0.15) is 0 Å². The first-order chi connectivity index (χ1) is 21.4. The van der Waals surface area contributed by atoms with Gasteiger partial charge in [0.25, 0.3) is 5.91 Å². The number of carbonyl (C=O) groups excluding carboxylic acids is 5. The van der Waals surface area contributed by atoms with Gasteiger partial charge in [0.2, 0.25) is 5.91 Å². The summed E-state index contributed by atoms with van der Waals surface area (Å²) in [5, 5.41) is 17.6. The van der Waals surface area contributed by atoms with E-state index in [-0.39, 0.29) is 45.7 Å². The highest BCUT2D eigenvalue weighted by Crippen LogP contribution is 2.14. The van der Waals surface area contributed by atoms with E-state index in [1.54, 1.807) is 63.2 Å². The highest BCUT2D eigenvalue weighted by Gasteiger charge is 2.40. The Morgan fingerprint density at radius 2 is 1.40 bits per heavy atom. The van der Waals surface area contributed by atoms with Crippen molar-refractivity contribution in [2.45, 2.75) is 64.5 Å². The monoisotopic (exact) mass is 629 g/mol. The van der Waals surface area contributed by atoms with Gasteiger partial charge >= 0.3 is 18.3 Å². The molecule has 0 spiro atoms. The number of benzene rings is 2. The van der Waals surface area contributed by atoms with E-state index in [1.165, 1.54) is 0 Å². The molecule has 0 aromatic heterocycles. The number of imide groups is 1. The quantitative estimate of drug-likeness (QED) is 0.144. The van der Waals surface area contributed by atoms with Crippen LogP contribution >= 0.6 is 0 Å². The molecule has 14 nitrogen and oxygen atoms in total. The number of nitrogens with zero attached hydrogens (tertiary/aromatic N) is 1. The zero-order valence-electron chi connectivity index (χ0n) is 25.8. The normalized spacial score (nSPS) is 12.2. The smallest absolute Gasteiger partial charge is 0.417 e. The Hall–Kier alpha value is -4.69. The molecule has 0 aliphatic heterocycles. The fourth-order valence-electron chi connectivity index (χ4n) is 3.88. The second-order valence-electron chi connectivity index (χ2n) is 10.9. The van der Waals surface area contributed by atoms with E-state index in [0.717, 1.165) is 5.56 Å². The summed E-state index contributed by atoms with van der Waals surface area (Å²) < 4.78 is 15.7. The lowest BCUT2D eigenvalue weighted by atomic mass is 10.1. The molecule has 2 atom stereocenters. The van der Waals surface area contributed by atoms with Crippen molar-refractivity contribution in [3.05, 3.63) is 71.8 Å². The van der Waals surface area contributed by atoms with Gasteiger partial charge in [-0.1, -0.05) is 60.7 Å². The van der Waals surface area contributed by atoms with Crippen molar-refractivity contribution < 1.29 is 43.3 Å². The summed E-state index contributed by atoms with van der Waals surface area (Å²) >= 11 is 0. The Morgan fingerprint density at radius 3 is 1.93 bits per heavy atom. The van der Waals surface area contributed by atoms with E-state index in [1.807, 2.05) is 18.2 Å². The maximum Gasteiger partial charge on any atom is 0.417 e. The molecule has 0 heterocycles. The molecule has 5 amide bonds. The van der Waals surface area contributed by atoms with Gasteiger partial charge in [0, 0.05) is 13.1 Å². The maximum atomic E-state index is 13.8. The number of aliphatic hydroxyl groups is 1. The van der Waals surface area contributed by atoms with Crippen molar-refractivity contribution in [2.75, 3.05) is 26.2 Å². The zero-order valence-corrected chi connectivity index (χ0v) is 25.8. The molecule has 246 valence electrons. The second kappa shape index (κ2) is 18.9. The summed E-state index contributed by atoms with van der Waals surface area (Å²) in [5.41, 5.74) is 6.15. The van der Waals surface area contributed by atoms with Gasteiger partial charge in [-0.15, -0.1) is 0 Å². The van der Waals surface area contributed by atoms with Crippen LogP contribution in [0.25, 0.3) is 0 Å². The van der Waals surface area contributed by atoms with Gasteiger partial charge in [0.15, 0.2) is 0 Å². The predicted molar refractivity (Wildman–Crippen MR) is 163 cm³/mol. The number of alkyl carbamates (subject to hydrolysis) is 2. The average molecular weight is 630 g/mol. The topological polar surface area (TPSA) is 199 Å². The fraction of sp³-hybridized carbons (Fsp3) is 0.452. The standard InChI is InChI=1S/C31H43N5O9/c1-31(2,3)45-29(41)35-24(15-10-16-32)27(39)36(30(42)44-21-23-13-8-5-9-14-23)25(19-37)26(38)33-17-18-34-28(40)43-20-22-11-6-4-7-12-22/h4-9,11-14,24-25,37H,10,15-21,32H2,1-3H3,(H,33,38)(H,34,40)(H,35,41)/t24-,25-/m0/s1. The Morgan fingerprint density at radius 1 is 0.844 bits per heavy atom. The summed E-state index contributed by atoms with van der Waals surface area (Å²) in [6.45, 7) is 3.78. The van der Waals surface area contributed by atoms with Crippen molar-refractivity contribution in [1.29, 1.82) is 0 Å². The minimum atomic E-state index is -1.73. The first kappa shape index (κ1) is 36.5. The average Bonchev–Trinajstić information content (AvgIpc) is 3.01. The van der Waals surface area contributed by atoms with Crippen LogP contribution in [0.5, 0.6) is 0 Å². The molecule has 0 saturated carbocycles. The van der Waals surface area contributed by atoms with Gasteiger partial charge in [0.1, 0.15) is 30.9 Å². The van der Waals surface area contributed by atoms with Crippen molar-refractivity contribution in [3.63, 3.8) is 0 Å². The number of nitrogens with one attached hydrogen (secondary N) is 3. The number of carbonyl (C=O) groups is 5. The minimum Gasteiger partial charge on any atom is -0.445 e. The molecule has 0 radical (unpaired) electrons. The minimum absolute atomic E-state index is 0.00578. The molecule has 0 aliphatic carbocycles. The summed E-state index contributed by atoms with van der Waals surface area (Å²) in [5.74, 6) is -1.92. The molecule has 2 aromatic rings. The van der Waals surface area contributed by atoms with Crippen molar-refractivity contribution in [3.8, 4) is 0 Å². The van der Waals surface area contributed by atoms with E-state index in [9.17, 15) is 29.1 Å². The molecule has 0 bridgehead atoms. The summed E-state index contributed by atoms with van der Waals surface area (Å²) in [6, 6.07) is 14.6. The van der Waals surface area contributed by atoms with E-state index in [0.29, 0.717) is 10.5 Å². The molecular weight excluding hydrogens is 586 g/mol. The number of aliphatic hydroxyl groups excluding tert-OH is 1. The molecule has 6 N–H and O–H groups in total. The maximum absolute atomic E-state index is 13.8. The lowest BCUT2D eigenvalue weighted by molar-refractivity contribution is -0.141. The number of nitrogens with two attached hydrogens (primary N) is 1. The predicted octanol–water partition coefficient (Wildman–Crippen LogP) is 2.19. The van der Waals surface area contributed by atoms with Crippen molar-refractivity contribution in [1.82, 2.24) is 20.9 Å². The van der Waals surface area contributed by atoms with Crippen LogP contribution in [0.4, 0.5) is 14.4 Å². The van der Waals surface area contributed by atoms with Gasteiger partial charge in [-0.3, -0.25) is 9.59 Å². The summed E-state index contributed by atoms with van der Waals surface area (Å²) in [6.07, 6.45) is -2.58. The van der Waals surface area contributed by atoms with Crippen molar-refractivity contribution in [2.24, 2.45) is 5.73 Å². The highest BCUT2D eigenvalue weighted by molar-refractivity contribution is 6.01. The molecule has 2 rings (SSSR count). The van der Waals surface area contributed by atoms with E-state index < -0.39 is 54.4 Å². The number of amides is 5. The molecule has 2 aromatic carbocycles. The molecular formula is C31H43N5O9. The fourth-order valence-corrected chi connectivity index (χ4v) is 3.88. The van der Waals surface area contributed by atoms with Crippen LogP contribution in [0.1, 0.15) is 44.7 Å². The third-order valence-electron chi connectivity index (χ3n) is 6.02. The highest BCUT2D eigenvalue weighted by atomic mass is 16.6. The molecule has 0 saturated heterocycles. The van der Waals surface area contributed by atoms with Crippen LogP contribution in [0.15, 0.2) is 60.7 Å². The van der Waals surface area contributed by atoms with Crippen LogP contribution in [0.2, 0.25) is 0 Å². The van der Waals surface area contributed by atoms with E-state index in [2.05, 4.69) is 16.0 Å². The van der Waals surface area contributed by atoms with Gasteiger partial charge in [0.05, 0.1) is 6.61 Å². The molecule has 45 heavy (non-hydrogen) atoms. The lowest BCUT2D eigenvalue weighted by Crippen LogP contribution is -2.59. The second-order valence-corrected chi connectivity index (χ2v) is 10.9. The molecule has 14 heteroatoms. The van der Waals surface area contributed by atoms with Crippen LogP contribution < -0.4 is 21.7 Å². The van der Waals surface area contributed by atoms with E-state index >= 15 is 0 Å². The SMILES string of the molecule is CC(C)(C)OC(=O)N[C@@H](CCCN)C(=O)N(C(=O)OCc1ccccc1)[C@@H](CO)C(=O)NCCNC(=O)OCc1ccccc1. The number of ether oxygens (including phenoxy) is 3. The Bertz CT molecular complexity index is 1240. The first-order valence-corrected chi connectivity index (χ1v) is 14.5. The Balaban J connectivity index is 2.14. The first-order valence-electron chi connectivity index (χ1n) is 14.5. The molecule has 0 fully saturated rings. The number of rotatable bonds is 15. The number of hydrogen-bond acceptors (Lipinski definition) is 10. The van der Waals surface area contributed by atoms with Crippen LogP contribution in [-0.4, -0.2) is 84.0 Å². The zero-order chi connectivity index (χ0) is 33.2. The van der Waals surface area contributed by atoms with Gasteiger partial charge in [-0.05, 0) is 51.3 Å². The summed E-state index contributed by atoms with van der Waals surface area (Å²) in [4.78, 5) is 65.3. The van der Waals surface area contributed by atoms with Crippen LogP contribution in [0.3, 0.4) is 0 Å². The summed E-state index contributed by atoms with van der Waals surface area (Å²) in [7, 11) is 0. The molecule has 0 unspecified atom stereocenters. The third kappa shape index (κ3) is 13.7. The van der Waals surface area contributed by atoms with Crippen LogP contribution in [-0.2, 0) is 37.0 Å². The number of hydrogen-bond donors (Lipinski definition) is 5. The largest absolute Gasteiger partial charge is 0.445 e.